The number of nitrogens with one attached hydrogen (secondary N) is 1. The average Bonchev–Trinajstić information content (AvgIpc) is 2.39. The Morgan fingerprint density at radius 1 is 1.50 bits per heavy atom. The molecular weight excluding hydrogens is 294 g/mol. The van der Waals surface area contributed by atoms with Gasteiger partial charge in [0.15, 0.2) is 0 Å². The summed E-state index contributed by atoms with van der Waals surface area (Å²) in [6.45, 7) is 3.80. The number of alkyl carbamates (subject to hydrolysis) is 1. The van der Waals surface area contributed by atoms with Crippen LogP contribution in [0.5, 0.6) is 0 Å². The van der Waals surface area contributed by atoms with Crippen molar-refractivity contribution in [1.82, 2.24) is 5.32 Å². The van der Waals surface area contributed by atoms with Crippen molar-refractivity contribution in [3.05, 3.63) is 48.6 Å². The summed E-state index contributed by atoms with van der Waals surface area (Å²) in [6.07, 6.45) is 2.79. The molecule has 1 amide bonds. The number of benzene rings is 1. The Kier molecular flexibility index (Phi) is 4.07. The number of alkyl halides is 1. The normalized spacial score (nSPS) is 27.2. The third kappa shape index (κ3) is 2.58. The number of carbonyl (C=O) groups excluding carboxylic acids is 1. The van der Waals surface area contributed by atoms with Crippen LogP contribution in [0.1, 0.15) is 18.4 Å². The lowest BCUT2D eigenvalue weighted by atomic mass is 9.81. The Hall–Kier alpha value is -1.29. The molecule has 1 heterocycles. The van der Waals surface area contributed by atoms with Gasteiger partial charge in [-0.15, -0.1) is 6.58 Å². The fourth-order valence-corrected chi connectivity index (χ4v) is 2.75. The van der Waals surface area contributed by atoms with Gasteiger partial charge in [0.05, 0.1) is 5.54 Å². The molecule has 0 unspecified atom stereocenters. The second-order valence-electron chi connectivity index (χ2n) is 4.45. The van der Waals surface area contributed by atoms with Crippen LogP contribution in [0, 0.1) is 0 Å². The fraction of sp³-hybridized carbons (Fsp3) is 0.357. The fourth-order valence-electron chi connectivity index (χ4n) is 2.39. The molecule has 4 heteroatoms. The van der Waals surface area contributed by atoms with Gasteiger partial charge in [-0.3, -0.25) is 0 Å². The van der Waals surface area contributed by atoms with Gasteiger partial charge >= 0.3 is 6.09 Å². The maximum Gasteiger partial charge on any atom is 0.408 e. The first-order chi connectivity index (χ1) is 8.70. The summed E-state index contributed by atoms with van der Waals surface area (Å²) in [7, 11) is 0. The molecule has 0 bridgehead atoms. The molecule has 3 nitrogen and oxygen atoms in total. The zero-order chi connectivity index (χ0) is 13.0. The highest BCUT2D eigenvalue weighted by Crippen LogP contribution is 2.34. The molecule has 0 aliphatic carbocycles. The minimum atomic E-state index is -0.406. The van der Waals surface area contributed by atoms with E-state index in [0.29, 0.717) is 11.8 Å². The second kappa shape index (κ2) is 5.57. The van der Waals surface area contributed by atoms with Gasteiger partial charge < -0.3 is 10.1 Å². The third-order valence-corrected chi connectivity index (χ3v) is 3.90. The Bertz CT molecular complexity index is 435. The van der Waals surface area contributed by atoms with Gasteiger partial charge in [0.2, 0.25) is 0 Å². The molecular formula is C14H16BrNO2. The van der Waals surface area contributed by atoms with Crippen molar-refractivity contribution in [2.75, 3.05) is 5.33 Å². The summed E-state index contributed by atoms with van der Waals surface area (Å²) < 4.78 is 5.23. The molecule has 2 atom stereocenters. The van der Waals surface area contributed by atoms with Gasteiger partial charge in [-0.1, -0.05) is 52.3 Å². The second-order valence-corrected chi connectivity index (χ2v) is 5.10. The van der Waals surface area contributed by atoms with Crippen molar-refractivity contribution in [2.24, 2.45) is 0 Å². The molecule has 1 fully saturated rings. The van der Waals surface area contributed by atoms with Crippen LogP contribution in [0.3, 0.4) is 0 Å². The van der Waals surface area contributed by atoms with E-state index >= 15 is 0 Å². The van der Waals surface area contributed by atoms with Crippen molar-refractivity contribution in [3.8, 4) is 0 Å². The first kappa shape index (κ1) is 13.1. The average molecular weight is 310 g/mol. The van der Waals surface area contributed by atoms with Crippen LogP contribution in [0.4, 0.5) is 4.79 Å². The molecule has 1 aliphatic rings. The van der Waals surface area contributed by atoms with E-state index in [2.05, 4.69) is 27.8 Å². The van der Waals surface area contributed by atoms with Gasteiger partial charge in [0, 0.05) is 11.8 Å². The highest BCUT2D eigenvalue weighted by atomic mass is 79.9. The lowest BCUT2D eigenvalue weighted by molar-refractivity contribution is 0.0428. The van der Waals surface area contributed by atoms with E-state index in [1.54, 1.807) is 0 Å². The zero-order valence-corrected chi connectivity index (χ0v) is 11.7. The summed E-state index contributed by atoms with van der Waals surface area (Å²) in [4.78, 5) is 11.7. The molecule has 1 aromatic rings. The minimum Gasteiger partial charge on any atom is -0.445 e. The van der Waals surface area contributed by atoms with E-state index in [1.165, 1.54) is 0 Å². The van der Waals surface area contributed by atoms with Crippen LogP contribution < -0.4 is 5.32 Å². The first-order valence-corrected chi connectivity index (χ1v) is 7.03. The summed E-state index contributed by atoms with van der Waals surface area (Å²) >= 11 is 3.38. The molecule has 0 saturated carbocycles. The van der Waals surface area contributed by atoms with E-state index in [1.807, 2.05) is 36.4 Å². The molecule has 1 N–H and O–H groups in total. The topological polar surface area (TPSA) is 38.3 Å². The van der Waals surface area contributed by atoms with Gasteiger partial charge in [-0.05, 0) is 12.0 Å². The first-order valence-electron chi connectivity index (χ1n) is 5.91. The Morgan fingerprint density at radius 2 is 2.22 bits per heavy atom. The van der Waals surface area contributed by atoms with Crippen molar-refractivity contribution < 1.29 is 9.53 Å². The number of hydrogen-bond acceptors (Lipinski definition) is 2. The molecule has 1 aromatic carbocycles. The van der Waals surface area contributed by atoms with Gasteiger partial charge in [-0.25, -0.2) is 4.79 Å². The van der Waals surface area contributed by atoms with Crippen molar-refractivity contribution in [2.45, 2.75) is 24.5 Å². The van der Waals surface area contributed by atoms with Gasteiger partial charge in [-0.2, -0.15) is 0 Å². The number of amides is 1. The number of rotatable bonds is 4. The summed E-state index contributed by atoms with van der Waals surface area (Å²) in [5.74, 6) is 0. The molecule has 18 heavy (non-hydrogen) atoms. The Labute approximate surface area is 115 Å². The molecule has 0 aromatic heterocycles. The number of hydrogen-bond donors (Lipinski definition) is 1. The van der Waals surface area contributed by atoms with E-state index < -0.39 is 5.54 Å². The number of carbonyl (C=O) groups is 1. The van der Waals surface area contributed by atoms with Crippen LogP contribution in [0.25, 0.3) is 0 Å². The predicted molar refractivity (Wildman–Crippen MR) is 74.7 cm³/mol. The molecule has 96 valence electrons. The highest BCUT2D eigenvalue weighted by molar-refractivity contribution is 9.09. The van der Waals surface area contributed by atoms with E-state index in [0.717, 1.165) is 12.0 Å². The molecule has 0 radical (unpaired) electrons. The van der Waals surface area contributed by atoms with Crippen LogP contribution in [0.15, 0.2) is 43.0 Å². The lowest BCUT2D eigenvalue weighted by Gasteiger charge is -2.40. The van der Waals surface area contributed by atoms with E-state index in [4.69, 9.17) is 4.74 Å². The lowest BCUT2D eigenvalue weighted by Crippen LogP contribution is -2.54. The monoisotopic (exact) mass is 309 g/mol. The highest BCUT2D eigenvalue weighted by Gasteiger charge is 2.40. The SMILES string of the molecule is C=CC[C@]1(c2ccccc2)C[C@H](CBr)OC(=O)N1. The largest absolute Gasteiger partial charge is 0.445 e. The van der Waals surface area contributed by atoms with Crippen LogP contribution in [0.2, 0.25) is 0 Å². The molecule has 0 spiro atoms. The van der Waals surface area contributed by atoms with E-state index in [9.17, 15) is 4.79 Å². The number of cyclic esters (lactones) is 1. The van der Waals surface area contributed by atoms with Crippen molar-refractivity contribution >= 4 is 22.0 Å². The van der Waals surface area contributed by atoms with E-state index in [-0.39, 0.29) is 12.2 Å². The van der Waals surface area contributed by atoms with Crippen LogP contribution in [-0.4, -0.2) is 17.5 Å². The third-order valence-electron chi connectivity index (χ3n) is 3.18. The smallest absolute Gasteiger partial charge is 0.408 e. The minimum absolute atomic E-state index is 0.112. The van der Waals surface area contributed by atoms with Crippen molar-refractivity contribution in [1.29, 1.82) is 0 Å². The van der Waals surface area contributed by atoms with Crippen molar-refractivity contribution in [3.63, 3.8) is 0 Å². The number of halogens is 1. The standard InChI is InChI=1S/C14H16BrNO2/c1-2-8-14(11-6-4-3-5-7-11)9-12(10-15)18-13(17)16-14/h2-7,12H,1,8-10H2,(H,16,17)/t12-,14-/m1/s1. The maximum absolute atomic E-state index is 11.7. The summed E-state index contributed by atoms with van der Waals surface area (Å²) in [5.41, 5.74) is 0.684. The molecule has 2 rings (SSSR count). The maximum atomic E-state index is 11.7. The molecule has 1 saturated heterocycles. The Morgan fingerprint density at radius 3 is 2.83 bits per heavy atom. The quantitative estimate of drug-likeness (QED) is 0.684. The summed E-state index contributed by atoms with van der Waals surface area (Å²) in [6, 6.07) is 9.98. The zero-order valence-electron chi connectivity index (χ0n) is 10.1. The Balaban J connectivity index is 2.37. The van der Waals surface area contributed by atoms with Crippen LogP contribution in [-0.2, 0) is 10.3 Å². The molecule has 1 aliphatic heterocycles. The van der Waals surface area contributed by atoms with Gasteiger partial charge in [0.1, 0.15) is 6.10 Å². The summed E-state index contributed by atoms with van der Waals surface area (Å²) in [5, 5.41) is 3.60. The predicted octanol–water partition coefficient (Wildman–Crippen LogP) is 3.35. The number of ether oxygens (including phenoxy) is 1. The van der Waals surface area contributed by atoms with Crippen LogP contribution >= 0.6 is 15.9 Å². The van der Waals surface area contributed by atoms with Gasteiger partial charge in [0.25, 0.3) is 0 Å².